The highest BCUT2D eigenvalue weighted by Crippen LogP contribution is 2.25. The Kier molecular flexibility index (Phi) is 4.40. The van der Waals surface area contributed by atoms with E-state index in [0.717, 1.165) is 12.0 Å². The van der Waals surface area contributed by atoms with Crippen LogP contribution >= 0.6 is 0 Å². The Bertz CT molecular complexity index is 375. The van der Waals surface area contributed by atoms with Gasteiger partial charge in [0.15, 0.2) is 0 Å². The van der Waals surface area contributed by atoms with Crippen LogP contribution < -0.4 is 0 Å². The third-order valence-corrected chi connectivity index (χ3v) is 2.46. The average Bonchev–Trinajstić information content (AvgIpc) is 2.25. The fourth-order valence-corrected chi connectivity index (χ4v) is 1.55. The van der Waals surface area contributed by atoms with Crippen LogP contribution in [0.5, 0.6) is 0 Å². The Morgan fingerprint density at radius 2 is 2.12 bits per heavy atom. The predicted molar refractivity (Wildman–Crippen MR) is 56.7 cm³/mol. The number of hydrogen-bond donors (Lipinski definition) is 1. The van der Waals surface area contributed by atoms with Crippen molar-refractivity contribution >= 4 is 5.97 Å². The Labute approximate surface area is 92.9 Å². The third-order valence-electron chi connectivity index (χ3n) is 2.46. The number of carboxylic acid groups (broad SMARTS) is 1. The Hall–Kier alpha value is -1.45. The number of benzene rings is 1. The fraction of sp³-hybridized carbons (Fsp3) is 0.417. The minimum atomic E-state index is -2.55. The number of alkyl halides is 2. The third kappa shape index (κ3) is 3.29. The molecule has 1 N–H and O–H groups in total. The van der Waals surface area contributed by atoms with Crippen LogP contribution in [0, 0.1) is 0 Å². The van der Waals surface area contributed by atoms with E-state index in [4.69, 9.17) is 5.11 Å². The fourth-order valence-electron chi connectivity index (χ4n) is 1.55. The van der Waals surface area contributed by atoms with Crippen LogP contribution in [0.25, 0.3) is 0 Å². The standard InChI is InChI=1S/C12H14F2O2/c1-2-8-3-5-10(12(13)14)9(7-8)4-6-11(15)16/h3,5,7,12H,2,4,6H2,1H3,(H,15,16). The number of carbonyl (C=O) groups is 1. The Balaban J connectivity index is 2.95. The smallest absolute Gasteiger partial charge is 0.303 e. The Morgan fingerprint density at radius 3 is 2.62 bits per heavy atom. The summed E-state index contributed by atoms with van der Waals surface area (Å²) in [6.45, 7) is 1.93. The lowest BCUT2D eigenvalue weighted by Crippen LogP contribution is -2.02. The van der Waals surface area contributed by atoms with Crippen LogP contribution in [0.3, 0.4) is 0 Å². The number of carboxylic acids is 1. The van der Waals surface area contributed by atoms with Gasteiger partial charge in [-0.2, -0.15) is 0 Å². The van der Waals surface area contributed by atoms with Gasteiger partial charge in [0.05, 0.1) is 0 Å². The van der Waals surface area contributed by atoms with E-state index < -0.39 is 12.4 Å². The maximum atomic E-state index is 12.6. The normalized spacial score (nSPS) is 10.8. The zero-order valence-electron chi connectivity index (χ0n) is 9.04. The molecule has 0 saturated heterocycles. The van der Waals surface area contributed by atoms with Crippen molar-refractivity contribution < 1.29 is 18.7 Å². The molecule has 0 aromatic heterocycles. The van der Waals surface area contributed by atoms with Crippen LogP contribution in [-0.2, 0) is 17.6 Å². The van der Waals surface area contributed by atoms with E-state index >= 15 is 0 Å². The quantitative estimate of drug-likeness (QED) is 0.840. The van der Waals surface area contributed by atoms with E-state index in [2.05, 4.69) is 0 Å². The second-order valence-corrected chi connectivity index (χ2v) is 3.58. The molecule has 16 heavy (non-hydrogen) atoms. The van der Waals surface area contributed by atoms with E-state index in [1.54, 1.807) is 12.1 Å². The number of hydrogen-bond acceptors (Lipinski definition) is 1. The maximum Gasteiger partial charge on any atom is 0.303 e. The molecule has 88 valence electrons. The summed E-state index contributed by atoms with van der Waals surface area (Å²) in [6, 6.07) is 4.72. The van der Waals surface area contributed by atoms with Gasteiger partial charge in [0.25, 0.3) is 6.43 Å². The molecular formula is C12H14F2O2. The first kappa shape index (κ1) is 12.6. The molecule has 1 aromatic carbocycles. The summed E-state index contributed by atoms with van der Waals surface area (Å²) >= 11 is 0. The van der Waals surface area contributed by atoms with Gasteiger partial charge in [-0.1, -0.05) is 25.1 Å². The minimum absolute atomic E-state index is 0.0570. The molecule has 1 aromatic rings. The van der Waals surface area contributed by atoms with Gasteiger partial charge in [-0.15, -0.1) is 0 Å². The number of aliphatic carboxylic acids is 1. The van der Waals surface area contributed by atoms with Crippen LogP contribution in [0.4, 0.5) is 8.78 Å². The summed E-state index contributed by atoms with van der Waals surface area (Å²) in [5.41, 5.74) is 1.33. The van der Waals surface area contributed by atoms with Crippen molar-refractivity contribution in [3.05, 3.63) is 34.9 Å². The first-order chi connectivity index (χ1) is 7.54. The molecular weight excluding hydrogens is 214 g/mol. The monoisotopic (exact) mass is 228 g/mol. The van der Waals surface area contributed by atoms with Crippen molar-refractivity contribution in [2.45, 2.75) is 32.6 Å². The van der Waals surface area contributed by atoms with Crippen molar-refractivity contribution in [1.82, 2.24) is 0 Å². The van der Waals surface area contributed by atoms with Crippen molar-refractivity contribution in [3.8, 4) is 0 Å². The lowest BCUT2D eigenvalue weighted by Gasteiger charge is -2.09. The summed E-state index contributed by atoms with van der Waals surface area (Å²) in [6.07, 6.45) is -1.76. The predicted octanol–water partition coefficient (Wildman–Crippen LogP) is 3.20. The summed E-state index contributed by atoms with van der Waals surface area (Å²) in [5, 5.41) is 8.54. The highest BCUT2D eigenvalue weighted by molar-refractivity contribution is 5.67. The molecule has 0 bridgehead atoms. The molecule has 0 atom stereocenters. The van der Waals surface area contributed by atoms with Crippen LogP contribution in [0.1, 0.15) is 36.5 Å². The topological polar surface area (TPSA) is 37.3 Å². The van der Waals surface area contributed by atoms with Gasteiger partial charge in [0, 0.05) is 12.0 Å². The van der Waals surface area contributed by atoms with E-state index in [1.807, 2.05) is 6.92 Å². The molecule has 0 aliphatic rings. The van der Waals surface area contributed by atoms with E-state index in [9.17, 15) is 13.6 Å². The first-order valence-electron chi connectivity index (χ1n) is 5.16. The van der Waals surface area contributed by atoms with Crippen molar-refractivity contribution in [2.75, 3.05) is 0 Å². The van der Waals surface area contributed by atoms with Crippen molar-refractivity contribution in [3.63, 3.8) is 0 Å². The second-order valence-electron chi connectivity index (χ2n) is 3.58. The molecule has 0 radical (unpaired) electrons. The van der Waals surface area contributed by atoms with Crippen LogP contribution in [-0.4, -0.2) is 11.1 Å². The summed E-state index contributed by atoms with van der Waals surface area (Å²) < 4.78 is 25.3. The van der Waals surface area contributed by atoms with Crippen molar-refractivity contribution in [1.29, 1.82) is 0 Å². The summed E-state index contributed by atoms with van der Waals surface area (Å²) in [7, 11) is 0. The number of rotatable bonds is 5. The highest BCUT2D eigenvalue weighted by Gasteiger charge is 2.13. The zero-order chi connectivity index (χ0) is 12.1. The molecule has 0 unspecified atom stereocenters. The van der Waals surface area contributed by atoms with E-state index in [-0.39, 0.29) is 18.4 Å². The molecule has 0 fully saturated rings. The van der Waals surface area contributed by atoms with Gasteiger partial charge in [0.1, 0.15) is 0 Å². The van der Waals surface area contributed by atoms with E-state index in [1.165, 1.54) is 6.07 Å². The molecule has 0 heterocycles. The van der Waals surface area contributed by atoms with Gasteiger partial charge < -0.3 is 5.11 Å². The largest absolute Gasteiger partial charge is 0.481 e. The molecule has 1 rings (SSSR count). The molecule has 2 nitrogen and oxygen atoms in total. The molecule has 0 amide bonds. The number of halogens is 2. The van der Waals surface area contributed by atoms with Gasteiger partial charge in [0.2, 0.25) is 0 Å². The number of aryl methyl sites for hydroxylation is 2. The molecule has 0 aliphatic heterocycles. The van der Waals surface area contributed by atoms with Gasteiger partial charge >= 0.3 is 5.97 Å². The lowest BCUT2D eigenvalue weighted by atomic mass is 9.99. The maximum absolute atomic E-state index is 12.6. The Morgan fingerprint density at radius 1 is 1.44 bits per heavy atom. The van der Waals surface area contributed by atoms with Crippen LogP contribution in [0.15, 0.2) is 18.2 Å². The van der Waals surface area contributed by atoms with E-state index in [0.29, 0.717) is 5.56 Å². The summed E-state index contributed by atoms with van der Waals surface area (Å²) in [4.78, 5) is 10.4. The van der Waals surface area contributed by atoms with Gasteiger partial charge in [-0.25, -0.2) is 8.78 Å². The van der Waals surface area contributed by atoms with Gasteiger partial charge in [-0.3, -0.25) is 4.79 Å². The second kappa shape index (κ2) is 5.58. The molecule has 0 spiro atoms. The highest BCUT2D eigenvalue weighted by atomic mass is 19.3. The van der Waals surface area contributed by atoms with Crippen molar-refractivity contribution in [2.24, 2.45) is 0 Å². The summed E-state index contributed by atoms with van der Waals surface area (Å²) in [5.74, 6) is -0.970. The first-order valence-corrected chi connectivity index (χ1v) is 5.16. The lowest BCUT2D eigenvalue weighted by molar-refractivity contribution is -0.136. The molecule has 0 saturated carbocycles. The zero-order valence-corrected chi connectivity index (χ0v) is 9.04. The van der Waals surface area contributed by atoms with Crippen LogP contribution in [0.2, 0.25) is 0 Å². The minimum Gasteiger partial charge on any atom is -0.481 e. The molecule has 0 aliphatic carbocycles. The van der Waals surface area contributed by atoms with Gasteiger partial charge in [-0.05, 0) is 24.0 Å². The average molecular weight is 228 g/mol. The molecule has 4 heteroatoms. The SMILES string of the molecule is CCc1ccc(C(F)F)c(CCC(=O)O)c1.